The van der Waals surface area contributed by atoms with Gasteiger partial charge in [-0.2, -0.15) is 18.3 Å². The van der Waals surface area contributed by atoms with Gasteiger partial charge < -0.3 is 5.73 Å². The topological polar surface area (TPSA) is 43.8 Å². The zero-order valence-electron chi connectivity index (χ0n) is 10.6. The van der Waals surface area contributed by atoms with Crippen LogP contribution >= 0.6 is 15.9 Å². The largest absolute Gasteiger partial charge is 0.435 e. The van der Waals surface area contributed by atoms with Crippen molar-refractivity contribution in [1.29, 1.82) is 0 Å². The highest BCUT2D eigenvalue weighted by molar-refractivity contribution is 9.10. The Morgan fingerprint density at radius 2 is 1.90 bits per heavy atom. The smallest absolute Gasteiger partial charge is 0.326 e. The lowest BCUT2D eigenvalue weighted by atomic mass is 10.0. The summed E-state index contributed by atoms with van der Waals surface area (Å²) < 4.78 is 39.9. The number of aromatic nitrogens is 2. The molecule has 0 saturated heterocycles. The molecule has 2 unspecified atom stereocenters. The third kappa shape index (κ3) is 3.04. The number of halogens is 4. The van der Waals surface area contributed by atoms with Crippen LogP contribution in [-0.4, -0.2) is 15.8 Å². The van der Waals surface area contributed by atoms with Crippen LogP contribution in [0.4, 0.5) is 13.2 Å². The van der Waals surface area contributed by atoms with Gasteiger partial charge in [-0.3, -0.25) is 4.68 Å². The second-order valence-electron chi connectivity index (χ2n) is 4.50. The van der Waals surface area contributed by atoms with Crippen LogP contribution in [0.15, 0.2) is 41.0 Å². The highest BCUT2D eigenvalue weighted by Gasteiger charge is 2.34. The third-order valence-electron chi connectivity index (χ3n) is 2.91. The van der Waals surface area contributed by atoms with Crippen molar-refractivity contribution in [2.45, 2.75) is 25.2 Å². The van der Waals surface area contributed by atoms with Crippen molar-refractivity contribution >= 4 is 15.9 Å². The molecule has 1 heterocycles. The van der Waals surface area contributed by atoms with Crippen LogP contribution in [0.25, 0.3) is 0 Å². The second-order valence-corrected chi connectivity index (χ2v) is 5.36. The number of nitrogens with two attached hydrogens (primary N) is 1. The van der Waals surface area contributed by atoms with Gasteiger partial charge in [0.1, 0.15) is 0 Å². The fraction of sp³-hybridized carbons (Fsp3) is 0.308. The van der Waals surface area contributed by atoms with Gasteiger partial charge in [-0.25, -0.2) is 0 Å². The maximum atomic E-state index is 12.6. The van der Waals surface area contributed by atoms with Crippen molar-refractivity contribution in [2.24, 2.45) is 5.73 Å². The number of alkyl halides is 3. The number of hydrogen-bond donors (Lipinski definition) is 1. The lowest BCUT2D eigenvalue weighted by Gasteiger charge is -2.23. The van der Waals surface area contributed by atoms with Crippen LogP contribution < -0.4 is 5.73 Å². The molecule has 2 N–H and O–H groups in total. The Hall–Kier alpha value is -1.34. The molecule has 1 aromatic carbocycles. The first kappa shape index (κ1) is 15.1. The van der Waals surface area contributed by atoms with Gasteiger partial charge in [0.15, 0.2) is 5.69 Å². The summed E-state index contributed by atoms with van der Waals surface area (Å²) in [4.78, 5) is 0. The molecule has 0 aliphatic heterocycles. The van der Waals surface area contributed by atoms with Crippen LogP contribution in [0.5, 0.6) is 0 Å². The molecule has 108 valence electrons. The molecule has 1 aromatic heterocycles. The van der Waals surface area contributed by atoms with Gasteiger partial charge in [0.05, 0.1) is 6.04 Å². The zero-order valence-corrected chi connectivity index (χ0v) is 12.2. The number of hydrogen-bond acceptors (Lipinski definition) is 2. The van der Waals surface area contributed by atoms with E-state index in [2.05, 4.69) is 21.0 Å². The van der Waals surface area contributed by atoms with Gasteiger partial charge in [0, 0.05) is 16.7 Å². The van der Waals surface area contributed by atoms with Crippen molar-refractivity contribution in [3.8, 4) is 0 Å². The Labute approximate surface area is 122 Å². The summed E-state index contributed by atoms with van der Waals surface area (Å²) in [6.07, 6.45) is -3.15. The Morgan fingerprint density at radius 1 is 1.25 bits per heavy atom. The molecule has 0 spiro atoms. The standard InChI is InChI=1S/C13H13BrF3N3/c1-8(18)12(9-4-2-3-5-10(9)14)20-7-6-11(19-20)13(15,16)17/h2-8,12H,18H2,1H3. The summed E-state index contributed by atoms with van der Waals surface area (Å²) in [6.45, 7) is 1.74. The van der Waals surface area contributed by atoms with E-state index in [9.17, 15) is 13.2 Å². The Bertz CT molecular complexity index is 593. The van der Waals surface area contributed by atoms with E-state index >= 15 is 0 Å². The van der Waals surface area contributed by atoms with Gasteiger partial charge in [-0.1, -0.05) is 34.1 Å². The number of nitrogens with zero attached hydrogens (tertiary/aromatic N) is 2. The SMILES string of the molecule is CC(N)C(c1ccccc1Br)n1ccc(C(F)(F)F)n1. The molecule has 7 heteroatoms. The summed E-state index contributed by atoms with van der Waals surface area (Å²) in [6, 6.07) is 7.36. The lowest BCUT2D eigenvalue weighted by molar-refractivity contribution is -0.141. The lowest BCUT2D eigenvalue weighted by Crippen LogP contribution is -2.31. The summed E-state index contributed by atoms with van der Waals surface area (Å²) in [5, 5.41) is 3.61. The molecule has 0 aliphatic rings. The zero-order chi connectivity index (χ0) is 14.9. The molecule has 0 saturated carbocycles. The number of rotatable bonds is 3. The Morgan fingerprint density at radius 3 is 2.40 bits per heavy atom. The van der Waals surface area contributed by atoms with Gasteiger partial charge in [0.25, 0.3) is 0 Å². The van der Waals surface area contributed by atoms with E-state index < -0.39 is 24.0 Å². The first-order valence-electron chi connectivity index (χ1n) is 5.93. The minimum Gasteiger partial charge on any atom is -0.326 e. The summed E-state index contributed by atoms with van der Waals surface area (Å²) in [7, 11) is 0. The van der Waals surface area contributed by atoms with E-state index in [1.54, 1.807) is 6.92 Å². The molecule has 0 fully saturated rings. The van der Waals surface area contributed by atoms with Crippen LogP contribution in [0.2, 0.25) is 0 Å². The van der Waals surface area contributed by atoms with Crippen LogP contribution in [0.1, 0.15) is 24.2 Å². The average Bonchev–Trinajstić information content (AvgIpc) is 2.80. The monoisotopic (exact) mass is 347 g/mol. The number of benzene rings is 1. The van der Waals surface area contributed by atoms with E-state index in [-0.39, 0.29) is 0 Å². The Balaban J connectivity index is 2.45. The van der Waals surface area contributed by atoms with Gasteiger partial charge in [-0.05, 0) is 24.6 Å². The molecule has 0 bridgehead atoms. The van der Waals surface area contributed by atoms with Crippen LogP contribution in [0.3, 0.4) is 0 Å². The van der Waals surface area contributed by atoms with E-state index in [0.29, 0.717) is 0 Å². The van der Waals surface area contributed by atoms with Crippen molar-refractivity contribution in [3.63, 3.8) is 0 Å². The van der Waals surface area contributed by atoms with Crippen molar-refractivity contribution in [2.75, 3.05) is 0 Å². The first-order chi connectivity index (χ1) is 9.30. The Kier molecular flexibility index (Phi) is 4.19. The first-order valence-corrected chi connectivity index (χ1v) is 6.72. The predicted octanol–water partition coefficient (Wildman–Crippen LogP) is 3.60. The second kappa shape index (κ2) is 5.57. The molecular weight excluding hydrogens is 335 g/mol. The molecule has 3 nitrogen and oxygen atoms in total. The van der Waals surface area contributed by atoms with E-state index in [1.165, 1.54) is 10.9 Å². The molecule has 0 radical (unpaired) electrons. The highest BCUT2D eigenvalue weighted by atomic mass is 79.9. The van der Waals surface area contributed by atoms with E-state index in [0.717, 1.165) is 16.1 Å². The summed E-state index contributed by atoms with van der Waals surface area (Å²) in [5.41, 5.74) is 5.79. The quantitative estimate of drug-likeness (QED) is 0.921. The van der Waals surface area contributed by atoms with Gasteiger partial charge in [-0.15, -0.1) is 0 Å². The molecule has 0 amide bonds. The predicted molar refractivity (Wildman–Crippen MR) is 73.2 cm³/mol. The molecule has 20 heavy (non-hydrogen) atoms. The maximum absolute atomic E-state index is 12.6. The van der Waals surface area contributed by atoms with Gasteiger partial charge in [0.2, 0.25) is 0 Å². The summed E-state index contributed by atoms with van der Waals surface area (Å²) >= 11 is 3.39. The molecular formula is C13H13BrF3N3. The van der Waals surface area contributed by atoms with Gasteiger partial charge >= 0.3 is 6.18 Å². The van der Waals surface area contributed by atoms with Crippen LogP contribution in [-0.2, 0) is 6.18 Å². The van der Waals surface area contributed by atoms with E-state index in [4.69, 9.17) is 5.73 Å². The molecule has 0 aliphatic carbocycles. The van der Waals surface area contributed by atoms with E-state index in [1.807, 2.05) is 24.3 Å². The van der Waals surface area contributed by atoms with Crippen molar-refractivity contribution in [1.82, 2.24) is 9.78 Å². The minimum absolute atomic E-state index is 0.394. The fourth-order valence-electron chi connectivity index (χ4n) is 2.03. The third-order valence-corrected chi connectivity index (χ3v) is 3.63. The average molecular weight is 348 g/mol. The maximum Gasteiger partial charge on any atom is 0.435 e. The molecule has 2 atom stereocenters. The molecule has 2 aromatic rings. The van der Waals surface area contributed by atoms with Crippen molar-refractivity contribution in [3.05, 3.63) is 52.3 Å². The van der Waals surface area contributed by atoms with Crippen molar-refractivity contribution < 1.29 is 13.2 Å². The summed E-state index contributed by atoms with van der Waals surface area (Å²) in [5.74, 6) is 0. The fourth-order valence-corrected chi connectivity index (χ4v) is 2.55. The normalized spacial score (nSPS) is 15.1. The highest BCUT2D eigenvalue weighted by Crippen LogP contribution is 2.31. The molecule has 2 rings (SSSR count). The van der Waals surface area contributed by atoms with Crippen LogP contribution in [0, 0.1) is 0 Å². The minimum atomic E-state index is -4.46.